The third-order valence-corrected chi connectivity index (χ3v) is 4.53. The minimum absolute atomic E-state index is 0.0503. The molecule has 1 aromatic heterocycles. The van der Waals surface area contributed by atoms with E-state index in [0.717, 1.165) is 16.2 Å². The molecule has 1 aliphatic rings. The first kappa shape index (κ1) is 18.0. The van der Waals surface area contributed by atoms with Gasteiger partial charge in [0.25, 0.3) is 17.4 Å². The molecular formula is C21H14N4O4. The van der Waals surface area contributed by atoms with Gasteiger partial charge in [0.05, 0.1) is 22.4 Å². The Balaban J connectivity index is 1.78. The Morgan fingerprint density at radius 3 is 2.52 bits per heavy atom. The van der Waals surface area contributed by atoms with E-state index >= 15 is 0 Å². The second-order valence-corrected chi connectivity index (χ2v) is 6.34. The lowest BCUT2D eigenvalue weighted by Gasteiger charge is -2.14. The van der Waals surface area contributed by atoms with E-state index in [1.165, 1.54) is 18.2 Å². The Kier molecular flexibility index (Phi) is 4.33. The minimum atomic E-state index is -0.662. The van der Waals surface area contributed by atoms with Crippen LogP contribution in [0.25, 0.3) is 5.69 Å². The topological polar surface area (TPSA) is 127 Å². The van der Waals surface area contributed by atoms with Crippen molar-refractivity contribution in [2.24, 2.45) is 0 Å². The molecule has 4 rings (SSSR count). The smallest absolute Gasteiger partial charge is 0.262 e. The SMILES string of the molecule is N#Cc1ccc(-n2c(N)c3c(cc2=O)C(=O)NC3=O)cc1OCc1ccccc1. The molecule has 2 amide bonds. The highest BCUT2D eigenvalue weighted by Crippen LogP contribution is 2.27. The van der Waals surface area contributed by atoms with Gasteiger partial charge in [-0.2, -0.15) is 5.26 Å². The quantitative estimate of drug-likeness (QED) is 0.658. The first-order chi connectivity index (χ1) is 14.0. The number of ether oxygens (including phenoxy) is 1. The van der Waals surface area contributed by atoms with Crippen molar-refractivity contribution in [3.8, 4) is 17.5 Å². The zero-order valence-electron chi connectivity index (χ0n) is 15.0. The number of anilines is 1. The highest BCUT2D eigenvalue weighted by atomic mass is 16.5. The van der Waals surface area contributed by atoms with Gasteiger partial charge in [-0.05, 0) is 17.7 Å². The van der Waals surface area contributed by atoms with E-state index in [-0.39, 0.29) is 34.9 Å². The van der Waals surface area contributed by atoms with Crippen LogP contribution in [0.1, 0.15) is 31.8 Å². The summed E-state index contributed by atoms with van der Waals surface area (Å²) in [6.45, 7) is 0.227. The van der Waals surface area contributed by atoms with Gasteiger partial charge in [-0.15, -0.1) is 0 Å². The van der Waals surface area contributed by atoms with Crippen molar-refractivity contribution < 1.29 is 14.3 Å². The average molecular weight is 386 g/mol. The summed E-state index contributed by atoms with van der Waals surface area (Å²) in [5.74, 6) is -1.21. The Morgan fingerprint density at radius 2 is 1.79 bits per heavy atom. The van der Waals surface area contributed by atoms with Crippen molar-refractivity contribution in [2.45, 2.75) is 6.61 Å². The number of fused-ring (bicyclic) bond motifs is 1. The molecule has 0 bridgehead atoms. The lowest BCUT2D eigenvalue weighted by atomic mass is 10.1. The number of nitriles is 1. The molecule has 0 atom stereocenters. The maximum Gasteiger partial charge on any atom is 0.262 e. The van der Waals surface area contributed by atoms with Crippen LogP contribution in [0, 0.1) is 11.3 Å². The highest BCUT2D eigenvalue weighted by Gasteiger charge is 2.31. The predicted octanol–water partition coefficient (Wildman–Crippen LogP) is 1.75. The van der Waals surface area contributed by atoms with E-state index in [0.29, 0.717) is 5.69 Å². The molecular weight excluding hydrogens is 372 g/mol. The lowest BCUT2D eigenvalue weighted by Crippen LogP contribution is -2.24. The number of pyridine rings is 1. The lowest BCUT2D eigenvalue weighted by molar-refractivity contribution is 0.0880. The van der Waals surface area contributed by atoms with E-state index < -0.39 is 17.4 Å². The number of rotatable bonds is 4. The molecule has 0 unspecified atom stereocenters. The highest BCUT2D eigenvalue weighted by molar-refractivity contribution is 6.23. The molecule has 0 aliphatic carbocycles. The van der Waals surface area contributed by atoms with Crippen LogP contribution in [0.2, 0.25) is 0 Å². The van der Waals surface area contributed by atoms with E-state index in [1.807, 2.05) is 36.4 Å². The van der Waals surface area contributed by atoms with E-state index in [9.17, 15) is 19.6 Å². The normalized spacial score (nSPS) is 12.2. The van der Waals surface area contributed by atoms with Crippen LogP contribution in [0.3, 0.4) is 0 Å². The number of nitrogens with two attached hydrogens (primary N) is 1. The summed E-state index contributed by atoms with van der Waals surface area (Å²) < 4.78 is 6.88. The fourth-order valence-corrected chi connectivity index (χ4v) is 3.14. The number of nitrogen functional groups attached to an aromatic ring is 1. The number of hydrogen-bond acceptors (Lipinski definition) is 6. The Bertz CT molecular complexity index is 1260. The number of imide groups is 1. The van der Waals surface area contributed by atoms with Crippen LogP contribution in [-0.4, -0.2) is 16.4 Å². The average Bonchev–Trinajstić information content (AvgIpc) is 3.00. The van der Waals surface area contributed by atoms with Crippen LogP contribution in [0.4, 0.5) is 5.82 Å². The first-order valence-electron chi connectivity index (χ1n) is 8.62. The molecule has 3 aromatic rings. The second-order valence-electron chi connectivity index (χ2n) is 6.34. The molecule has 2 aromatic carbocycles. The van der Waals surface area contributed by atoms with E-state index in [1.54, 1.807) is 0 Å². The van der Waals surface area contributed by atoms with Crippen LogP contribution >= 0.6 is 0 Å². The number of aromatic nitrogens is 1. The second kappa shape index (κ2) is 6.98. The summed E-state index contributed by atoms with van der Waals surface area (Å²) in [6, 6.07) is 17.0. The first-order valence-corrected chi connectivity index (χ1v) is 8.62. The van der Waals surface area contributed by atoms with Gasteiger partial charge in [0.1, 0.15) is 24.2 Å². The third kappa shape index (κ3) is 3.11. The Hall–Kier alpha value is -4.38. The molecule has 8 nitrogen and oxygen atoms in total. The van der Waals surface area contributed by atoms with Crippen molar-refractivity contribution >= 4 is 17.6 Å². The van der Waals surface area contributed by atoms with Gasteiger partial charge in [-0.25, -0.2) is 0 Å². The van der Waals surface area contributed by atoms with Crippen LogP contribution in [0.5, 0.6) is 5.75 Å². The van der Waals surface area contributed by atoms with Gasteiger partial charge in [0, 0.05) is 12.1 Å². The van der Waals surface area contributed by atoms with Crippen molar-refractivity contribution in [3.63, 3.8) is 0 Å². The standard InChI is InChI=1S/C21H14N4O4/c22-10-13-6-7-14(8-16(13)29-11-12-4-2-1-3-5-12)25-17(26)9-15-18(19(25)23)21(28)24-20(15)27/h1-9H,11,23H2,(H,24,27,28). The summed E-state index contributed by atoms with van der Waals surface area (Å²) >= 11 is 0. The Labute approximate surface area is 164 Å². The molecule has 0 saturated carbocycles. The molecule has 3 N–H and O–H groups in total. The van der Waals surface area contributed by atoms with E-state index in [2.05, 4.69) is 5.32 Å². The molecule has 29 heavy (non-hydrogen) atoms. The minimum Gasteiger partial charge on any atom is -0.487 e. The van der Waals surface area contributed by atoms with Crippen LogP contribution < -0.4 is 21.3 Å². The number of nitrogens with one attached hydrogen (secondary N) is 1. The van der Waals surface area contributed by atoms with Crippen molar-refractivity contribution in [1.29, 1.82) is 5.26 Å². The fourth-order valence-electron chi connectivity index (χ4n) is 3.14. The largest absolute Gasteiger partial charge is 0.487 e. The predicted molar refractivity (Wildman–Crippen MR) is 104 cm³/mol. The Morgan fingerprint density at radius 1 is 1.03 bits per heavy atom. The maximum absolute atomic E-state index is 12.6. The van der Waals surface area contributed by atoms with Gasteiger partial charge in [-0.1, -0.05) is 30.3 Å². The van der Waals surface area contributed by atoms with Gasteiger partial charge in [0.15, 0.2) is 0 Å². The summed E-state index contributed by atoms with van der Waals surface area (Å²) in [5.41, 5.74) is 6.87. The number of carbonyl (C=O) groups excluding carboxylic acids is 2. The fraction of sp³-hybridized carbons (Fsp3) is 0.0476. The summed E-state index contributed by atoms with van der Waals surface area (Å²) in [7, 11) is 0. The van der Waals surface area contributed by atoms with E-state index in [4.69, 9.17) is 10.5 Å². The van der Waals surface area contributed by atoms with Crippen LogP contribution in [-0.2, 0) is 6.61 Å². The monoisotopic (exact) mass is 386 g/mol. The molecule has 0 radical (unpaired) electrons. The molecule has 0 saturated heterocycles. The van der Waals surface area contributed by atoms with Crippen molar-refractivity contribution in [2.75, 3.05) is 5.73 Å². The van der Waals surface area contributed by atoms with Gasteiger partial charge >= 0.3 is 0 Å². The number of hydrogen-bond donors (Lipinski definition) is 2. The van der Waals surface area contributed by atoms with Gasteiger partial charge in [0.2, 0.25) is 0 Å². The number of amides is 2. The van der Waals surface area contributed by atoms with Gasteiger partial charge < -0.3 is 10.5 Å². The van der Waals surface area contributed by atoms with Gasteiger partial charge in [-0.3, -0.25) is 24.3 Å². The number of nitrogens with zero attached hydrogens (tertiary/aromatic N) is 2. The zero-order valence-corrected chi connectivity index (χ0v) is 15.0. The number of benzene rings is 2. The third-order valence-electron chi connectivity index (χ3n) is 4.53. The zero-order chi connectivity index (χ0) is 20.5. The van der Waals surface area contributed by atoms with Crippen molar-refractivity contribution in [1.82, 2.24) is 9.88 Å². The summed E-state index contributed by atoms with van der Waals surface area (Å²) in [6.07, 6.45) is 0. The summed E-state index contributed by atoms with van der Waals surface area (Å²) in [4.78, 5) is 36.4. The molecule has 1 aliphatic heterocycles. The van der Waals surface area contributed by atoms with Crippen molar-refractivity contribution in [3.05, 3.63) is 87.2 Å². The van der Waals surface area contributed by atoms with Crippen LogP contribution in [0.15, 0.2) is 59.4 Å². The molecule has 8 heteroatoms. The molecule has 0 spiro atoms. The molecule has 0 fully saturated rings. The maximum atomic E-state index is 12.6. The molecule has 2 heterocycles. The number of carbonyl (C=O) groups is 2. The summed E-state index contributed by atoms with van der Waals surface area (Å²) in [5, 5.41) is 11.5. The molecule has 142 valence electrons.